The number of hydrogen-bond acceptors (Lipinski definition) is 2. The fourth-order valence-corrected chi connectivity index (χ4v) is 1.52. The van der Waals surface area contributed by atoms with Gasteiger partial charge in [0.25, 0.3) is 0 Å². The minimum Gasteiger partial charge on any atom is -0.481 e. The average Bonchev–Trinajstić information content (AvgIpc) is 2.24. The SMILES string of the molecule is COC(CCc1cccc(F)c1)CC(=O)O. The summed E-state index contributed by atoms with van der Waals surface area (Å²) in [5, 5.41) is 8.62. The average molecular weight is 226 g/mol. The standard InChI is InChI=1S/C12H15FO3/c1-16-11(8-12(14)15)6-5-9-3-2-4-10(13)7-9/h2-4,7,11H,5-6,8H2,1H3,(H,14,15). The number of halogens is 1. The van der Waals surface area contributed by atoms with Gasteiger partial charge in [0.05, 0.1) is 12.5 Å². The fourth-order valence-electron chi connectivity index (χ4n) is 1.52. The molecule has 1 aromatic carbocycles. The lowest BCUT2D eigenvalue weighted by Crippen LogP contribution is -2.16. The summed E-state index contributed by atoms with van der Waals surface area (Å²) in [6, 6.07) is 6.29. The molecule has 4 heteroatoms. The number of carboxylic acid groups (broad SMARTS) is 1. The molecule has 1 rings (SSSR count). The summed E-state index contributed by atoms with van der Waals surface area (Å²) in [6.07, 6.45) is 0.850. The van der Waals surface area contributed by atoms with Crippen molar-refractivity contribution in [3.8, 4) is 0 Å². The maximum atomic E-state index is 12.9. The Labute approximate surface area is 93.9 Å². The monoisotopic (exact) mass is 226 g/mol. The number of hydrogen-bond donors (Lipinski definition) is 1. The van der Waals surface area contributed by atoms with E-state index in [0.29, 0.717) is 12.8 Å². The van der Waals surface area contributed by atoms with E-state index in [9.17, 15) is 9.18 Å². The Morgan fingerprint density at radius 3 is 2.88 bits per heavy atom. The third kappa shape index (κ3) is 4.40. The summed E-state index contributed by atoms with van der Waals surface area (Å²) in [4.78, 5) is 10.5. The van der Waals surface area contributed by atoms with Gasteiger partial charge in [-0.2, -0.15) is 0 Å². The first-order valence-electron chi connectivity index (χ1n) is 5.11. The van der Waals surface area contributed by atoms with Crippen LogP contribution in [0.15, 0.2) is 24.3 Å². The molecule has 0 amide bonds. The summed E-state index contributed by atoms with van der Waals surface area (Å²) in [6.45, 7) is 0. The van der Waals surface area contributed by atoms with Gasteiger partial charge >= 0.3 is 5.97 Å². The van der Waals surface area contributed by atoms with Crippen molar-refractivity contribution in [1.82, 2.24) is 0 Å². The van der Waals surface area contributed by atoms with Gasteiger partial charge in [-0.15, -0.1) is 0 Å². The maximum absolute atomic E-state index is 12.9. The molecule has 0 aliphatic rings. The molecule has 1 aromatic rings. The largest absolute Gasteiger partial charge is 0.481 e. The van der Waals surface area contributed by atoms with Crippen LogP contribution in [0.3, 0.4) is 0 Å². The number of methoxy groups -OCH3 is 1. The topological polar surface area (TPSA) is 46.5 Å². The summed E-state index contributed by atoms with van der Waals surface area (Å²) in [5.41, 5.74) is 0.854. The van der Waals surface area contributed by atoms with Crippen LogP contribution in [0.5, 0.6) is 0 Å². The predicted molar refractivity (Wildman–Crippen MR) is 57.8 cm³/mol. The molecule has 1 unspecified atom stereocenters. The number of carboxylic acids is 1. The number of aliphatic carboxylic acids is 1. The quantitative estimate of drug-likeness (QED) is 0.809. The van der Waals surface area contributed by atoms with E-state index < -0.39 is 5.97 Å². The zero-order valence-corrected chi connectivity index (χ0v) is 9.15. The Kier molecular flexibility index (Phi) is 4.92. The Bertz CT molecular complexity index is 352. The van der Waals surface area contributed by atoms with Crippen LogP contribution in [0.4, 0.5) is 4.39 Å². The van der Waals surface area contributed by atoms with Gasteiger partial charge in [-0.1, -0.05) is 12.1 Å². The molecule has 1 N–H and O–H groups in total. The zero-order chi connectivity index (χ0) is 12.0. The van der Waals surface area contributed by atoms with Crippen molar-refractivity contribution in [2.24, 2.45) is 0 Å². The van der Waals surface area contributed by atoms with E-state index in [1.54, 1.807) is 6.07 Å². The van der Waals surface area contributed by atoms with E-state index >= 15 is 0 Å². The predicted octanol–water partition coefficient (Wildman–Crippen LogP) is 2.25. The molecule has 0 fully saturated rings. The van der Waals surface area contributed by atoms with Gasteiger partial charge in [0.15, 0.2) is 0 Å². The van der Waals surface area contributed by atoms with E-state index in [0.717, 1.165) is 5.56 Å². The second-order valence-electron chi connectivity index (χ2n) is 3.62. The lowest BCUT2D eigenvalue weighted by Gasteiger charge is -2.12. The number of carbonyl (C=O) groups is 1. The normalized spacial score (nSPS) is 12.4. The van der Waals surface area contributed by atoms with Crippen molar-refractivity contribution in [3.05, 3.63) is 35.6 Å². The summed E-state index contributed by atoms with van der Waals surface area (Å²) >= 11 is 0. The first kappa shape index (κ1) is 12.6. The molecule has 0 bridgehead atoms. The van der Waals surface area contributed by atoms with Crippen LogP contribution in [0, 0.1) is 5.82 Å². The fraction of sp³-hybridized carbons (Fsp3) is 0.417. The van der Waals surface area contributed by atoms with Crippen LogP contribution in [0.1, 0.15) is 18.4 Å². The highest BCUT2D eigenvalue weighted by Crippen LogP contribution is 2.11. The Balaban J connectivity index is 2.46. The van der Waals surface area contributed by atoms with Crippen molar-refractivity contribution in [3.63, 3.8) is 0 Å². The molecule has 0 saturated heterocycles. The van der Waals surface area contributed by atoms with Crippen molar-refractivity contribution in [2.45, 2.75) is 25.4 Å². The van der Waals surface area contributed by atoms with E-state index in [4.69, 9.17) is 9.84 Å². The van der Waals surface area contributed by atoms with Gasteiger partial charge in [0, 0.05) is 7.11 Å². The second-order valence-corrected chi connectivity index (χ2v) is 3.62. The smallest absolute Gasteiger partial charge is 0.305 e. The number of benzene rings is 1. The van der Waals surface area contributed by atoms with Gasteiger partial charge in [0.1, 0.15) is 5.82 Å². The molecule has 0 aliphatic carbocycles. The molecule has 0 spiro atoms. The minimum atomic E-state index is -0.883. The molecular weight excluding hydrogens is 211 g/mol. The Morgan fingerprint density at radius 1 is 1.56 bits per heavy atom. The first-order valence-corrected chi connectivity index (χ1v) is 5.11. The van der Waals surface area contributed by atoms with E-state index in [1.807, 2.05) is 6.07 Å². The van der Waals surface area contributed by atoms with Crippen molar-refractivity contribution >= 4 is 5.97 Å². The lowest BCUT2D eigenvalue weighted by atomic mass is 10.0. The lowest BCUT2D eigenvalue weighted by molar-refractivity contribution is -0.139. The molecule has 88 valence electrons. The van der Waals surface area contributed by atoms with Crippen LogP contribution in [0.25, 0.3) is 0 Å². The molecular formula is C12H15FO3. The van der Waals surface area contributed by atoms with Gasteiger partial charge in [0.2, 0.25) is 0 Å². The second kappa shape index (κ2) is 6.23. The number of aryl methyl sites for hydroxylation is 1. The number of rotatable bonds is 6. The van der Waals surface area contributed by atoms with Gasteiger partial charge in [-0.25, -0.2) is 4.39 Å². The van der Waals surface area contributed by atoms with Gasteiger partial charge < -0.3 is 9.84 Å². The van der Waals surface area contributed by atoms with Crippen LogP contribution in [-0.4, -0.2) is 24.3 Å². The van der Waals surface area contributed by atoms with Crippen LogP contribution >= 0.6 is 0 Å². The van der Waals surface area contributed by atoms with Crippen LogP contribution in [0.2, 0.25) is 0 Å². The highest BCUT2D eigenvalue weighted by molar-refractivity contribution is 5.67. The van der Waals surface area contributed by atoms with E-state index in [-0.39, 0.29) is 18.3 Å². The summed E-state index contributed by atoms with van der Waals surface area (Å²) < 4.78 is 17.9. The third-order valence-electron chi connectivity index (χ3n) is 2.38. The zero-order valence-electron chi connectivity index (χ0n) is 9.15. The molecule has 0 heterocycles. The Hall–Kier alpha value is -1.42. The molecule has 0 saturated carbocycles. The van der Waals surface area contributed by atoms with Crippen LogP contribution < -0.4 is 0 Å². The molecule has 0 aromatic heterocycles. The highest BCUT2D eigenvalue weighted by Gasteiger charge is 2.12. The summed E-state index contributed by atoms with van der Waals surface area (Å²) in [5.74, 6) is -1.16. The Morgan fingerprint density at radius 2 is 2.31 bits per heavy atom. The first-order chi connectivity index (χ1) is 7.61. The summed E-state index contributed by atoms with van der Waals surface area (Å²) in [7, 11) is 1.49. The number of ether oxygens (including phenoxy) is 1. The molecule has 0 radical (unpaired) electrons. The molecule has 1 atom stereocenters. The van der Waals surface area contributed by atoms with Crippen molar-refractivity contribution in [1.29, 1.82) is 0 Å². The van der Waals surface area contributed by atoms with Gasteiger partial charge in [-0.3, -0.25) is 4.79 Å². The molecule has 0 aliphatic heterocycles. The third-order valence-corrected chi connectivity index (χ3v) is 2.38. The van der Waals surface area contributed by atoms with Gasteiger partial charge in [-0.05, 0) is 30.5 Å². The minimum absolute atomic E-state index is 0.0220. The van der Waals surface area contributed by atoms with Crippen molar-refractivity contribution < 1.29 is 19.0 Å². The van der Waals surface area contributed by atoms with Crippen molar-refractivity contribution in [2.75, 3.05) is 7.11 Å². The highest BCUT2D eigenvalue weighted by atomic mass is 19.1. The van der Waals surface area contributed by atoms with Crippen LogP contribution in [-0.2, 0) is 16.0 Å². The molecule has 3 nitrogen and oxygen atoms in total. The van der Waals surface area contributed by atoms with E-state index in [2.05, 4.69) is 0 Å². The van der Waals surface area contributed by atoms with E-state index in [1.165, 1.54) is 19.2 Å². The molecule has 16 heavy (non-hydrogen) atoms. The maximum Gasteiger partial charge on any atom is 0.305 e.